The van der Waals surface area contributed by atoms with Crippen LogP contribution in [0.5, 0.6) is 0 Å². The maximum Gasteiger partial charge on any atom is 0.0490 e. The first-order valence-corrected chi connectivity index (χ1v) is 4.96. The predicted molar refractivity (Wildman–Crippen MR) is 56.1 cm³/mol. The third kappa shape index (κ3) is 1.06. The van der Waals surface area contributed by atoms with Gasteiger partial charge in [-0.2, -0.15) is 0 Å². The summed E-state index contributed by atoms with van der Waals surface area (Å²) in [6.45, 7) is 2.19. The van der Waals surface area contributed by atoms with E-state index in [0.29, 0.717) is 0 Å². The minimum atomic E-state index is 1.04. The zero-order valence-electron chi connectivity index (χ0n) is 8.25. The second-order valence-electron chi connectivity index (χ2n) is 3.99. The lowest BCUT2D eigenvalue weighted by molar-refractivity contribution is 0.313. The number of aromatic amines is 1. The molecule has 3 heteroatoms. The van der Waals surface area contributed by atoms with Crippen LogP contribution in [0.25, 0.3) is 10.9 Å². The lowest BCUT2D eigenvalue weighted by Crippen LogP contribution is -2.25. The number of nitrogens with one attached hydrogen (secondary N) is 1. The lowest BCUT2D eigenvalue weighted by Gasteiger charge is -2.22. The molecule has 3 nitrogen and oxygen atoms in total. The fraction of sp³-hybridized carbons (Fsp3) is 0.364. The molecule has 0 unspecified atom stereocenters. The van der Waals surface area contributed by atoms with Crippen molar-refractivity contribution in [1.82, 2.24) is 14.9 Å². The van der Waals surface area contributed by atoms with Gasteiger partial charge in [-0.05, 0) is 18.7 Å². The average Bonchev–Trinajstić information content (AvgIpc) is 2.56. The van der Waals surface area contributed by atoms with E-state index in [-0.39, 0.29) is 0 Å². The number of pyridine rings is 1. The van der Waals surface area contributed by atoms with E-state index in [0.717, 1.165) is 19.5 Å². The van der Waals surface area contributed by atoms with Crippen molar-refractivity contribution in [3.63, 3.8) is 0 Å². The Labute approximate surface area is 82.8 Å². The molecule has 0 amide bonds. The molecule has 2 aromatic heterocycles. The largest absolute Gasteiger partial charge is 0.358 e. The summed E-state index contributed by atoms with van der Waals surface area (Å²) in [4.78, 5) is 10.00. The van der Waals surface area contributed by atoms with Gasteiger partial charge in [0.15, 0.2) is 0 Å². The summed E-state index contributed by atoms with van der Waals surface area (Å²) in [6.07, 6.45) is 4.93. The summed E-state index contributed by atoms with van der Waals surface area (Å²) < 4.78 is 0. The minimum absolute atomic E-state index is 1.04. The van der Waals surface area contributed by atoms with E-state index in [1.54, 1.807) is 0 Å². The van der Waals surface area contributed by atoms with Crippen LogP contribution in [-0.4, -0.2) is 28.5 Å². The molecule has 0 saturated heterocycles. The van der Waals surface area contributed by atoms with Gasteiger partial charge in [0.2, 0.25) is 0 Å². The van der Waals surface area contributed by atoms with Gasteiger partial charge in [-0.25, -0.2) is 0 Å². The maximum absolute atomic E-state index is 4.18. The Morgan fingerprint density at radius 2 is 2.43 bits per heavy atom. The van der Waals surface area contributed by atoms with Crippen molar-refractivity contribution in [3.05, 3.63) is 29.7 Å². The maximum atomic E-state index is 4.18. The first-order chi connectivity index (χ1) is 6.84. The van der Waals surface area contributed by atoms with Gasteiger partial charge in [-0.3, -0.25) is 4.98 Å². The van der Waals surface area contributed by atoms with Crippen LogP contribution in [-0.2, 0) is 13.0 Å². The zero-order chi connectivity index (χ0) is 9.54. The summed E-state index contributed by atoms with van der Waals surface area (Å²) in [5, 5.41) is 1.29. The number of H-pyrrole nitrogens is 1. The highest BCUT2D eigenvalue weighted by Gasteiger charge is 2.17. The molecule has 2 aromatic rings. The van der Waals surface area contributed by atoms with Crippen LogP contribution >= 0.6 is 0 Å². The molecule has 1 aliphatic rings. The van der Waals surface area contributed by atoms with Crippen molar-refractivity contribution in [2.24, 2.45) is 0 Å². The highest BCUT2D eigenvalue weighted by atomic mass is 15.1. The third-order valence-corrected chi connectivity index (χ3v) is 2.97. The van der Waals surface area contributed by atoms with Crippen molar-refractivity contribution in [3.8, 4) is 0 Å². The van der Waals surface area contributed by atoms with E-state index in [2.05, 4.69) is 21.9 Å². The van der Waals surface area contributed by atoms with Crippen LogP contribution in [0.15, 0.2) is 18.5 Å². The number of hydrogen-bond acceptors (Lipinski definition) is 2. The van der Waals surface area contributed by atoms with Crippen LogP contribution in [0.2, 0.25) is 0 Å². The minimum Gasteiger partial charge on any atom is -0.358 e. The van der Waals surface area contributed by atoms with Gasteiger partial charge in [0.1, 0.15) is 0 Å². The summed E-state index contributed by atoms with van der Waals surface area (Å²) in [5.41, 5.74) is 4.05. The molecule has 0 fully saturated rings. The van der Waals surface area contributed by atoms with Gasteiger partial charge in [-0.15, -0.1) is 0 Å². The van der Waals surface area contributed by atoms with E-state index in [9.17, 15) is 0 Å². The average molecular weight is 187 g/mol. The van der Waals surface area contributed by atoms with Crippen molar-refractivity contribution >= 4 is 10.9 Å². The number of likely N-dealkylation sites (N-methyl/N-ethyl adjacent to an activating group) is 1. The second kappa shape index (κ2) is 2.82. The van der Waals surface area contributed by atoms with Gasteiger partial charge in [-0.1, -0.05) is 0 Å². The fourth-order valence-electron chi connectivity index (χ4n) is 2.19. The van der Waals surface area contributed by atoms with Crippen LogP contribution in [0.4, 0.5) is 0 Å². The molecular formula is C11H13N3. The number of nitrogens with zero attached hydrogens (tertiary/aromatic N) is 2. The molecule has 3 rings (SSSR count). The molecular weight excluding hydrogens is 174 g/mol. The molecule has 1 N–H and O–H groups in total. The predicted octanol–water partition coefficient (Wildman–Crippen LogP) is 1.55. The summed E-state index contributed by atoms with van der Waals surface area (Å²) >= 11 is 0. The van der Waals surface area contributed by atoms with Gasteiger partial charge >= 0.3 is 0 Å². The van der Waals surface area contributed by atoms with Crippen LogP contribution < -0.4 is 0 Å². The number of fused-ring (bicyclic) bond motifs is 3. The van der Waals surface area contributed by atoms with Crippen molar-refractivity contribution < 1.29 is 0 Å². The topological polar surface area (TPSA) is 31.9 Å². The summed E-state index contributed by atoms with van der Waals surface area (Å²) in [6, 6.07) is 2.05. The Morgan fingerprint density at radius 3 is 3.36 bits per heavy atom. The highest BCUT2D eigenvalue weighted by Crippen LogP contribution is 2.25. The quantitative estimate of drug-likeness (QED) is 0.678. The Balaban J connectivity index is 2.25. The Bertz CT molecular complexity index is 472. The van der Waals surface area contributed by atoms with Gasteiger partial charge in [0.25, 0.3) is 0 Å². The Kier molecular flexibility index (Phi) is 1.61. The molecule has 1 aliphatic heterocycles. The molecule has 3 heterocycles. The van der Waals surface area contributed by atoms with Gasteiger partial charge in [0.05, 0.1) is 0 Å². The number of aromatic nitrogens is 2. The van der Waals surface area contributed by atoms with Crippen molar-refractivity contribution in [2.45, 2.75) is 13.0 Å². The van der Waals surface area contributed by atoms with Crippen LogP contribution in [0.1, 0.15) is 11.3 Å². The molecule has 0 spiro atoms. The Morgan fingerprint density at radius 1 is 1.50 bits per heavy atom. The van der Waals surface area contributed by atoms with Gasteiger partial charge < -0.3 is 9.88 Å². The van der Waals surface area contributed by atoms with Crippen LogP contribution in [0, 0.1) is 0 Å². The Hall–Kier alpha value is -1.35. The molecule has 0 saturated carbocycles. The lowest BCUT2D eigenvalue weighted by atomic mass is 10.1. The van der Waals surface area contributed by atoms with Crippen LogP contribution in [0.3, 0.4) is 0 Å². The number of rotatable bonds is 0. The normalized spacial score (nSPS) is 17.2. The van der Waals surface area contributed by atoms with Crippen molar-refractivity contribution in [1.29, 1.82) is 0 Å². The molecule has 0 bridgehead atoms. The second-order valence-corrected chi connectivity index (χ2v) is 3.99. The molecule has 14 heavy (non-hydrogen) atoms. The van der Waals surface area contributed by atoms with Gasteiger partial charge in [0, 0.05) is 48.5 Å². The molecule has 0 radical (unpaired) electrons. The summed E-state index contributed by atoms with van der Waals surface area (Å²) in [5.74, 6) is 0. The first kappa shape index (κ1) is 8.00. The van der Waals surface area contributed by atoms with E-state index in [1.165, 1.54) is 22.2 Å². The fourth-order valence-corrected chi connectivity index (χ4v) is 2.19. The van der Waals surface area contributed by atoms with E-state index < -0.39 is 0 Å². The highest BCUT2D eigenvalue weighted by molar-refractivity contribution is 5.83. The van der Waals surface area contributed by atoms with E-state index in [4.69, 9.17) is 0 Å². The molecule has 0 atom stereocenters. The first-order valence-electron chi connectivity index (χ1n) is 4.96. The summed E-state index contributed by atoms with van der Waals surface area (Å²) in [7, 11) is 2.16. The standard InChI is InChI=1S/C11H13N3/c1-14-5-3-11-9(7-14)8-6-12-4-2-10(8)13-11/h2,4,6,13H,3,5,7H2,1H3. The monoisotopic (exact) mass is 187 g/mol. The van der Waals surface area contributed by atoms with E-state index >= 15 is 0 Å². The number of hydrogen-bond donors (Lipinski definition) is 1. The molecule has 0 aromatic carbocycles. The smallest absolute Gasteiger partial charge is 0.0490 e. The molecule has 0 aliphatic carbocycles. The molecule has 72 valence electrons. The third-order valence-electron chi connectivity index (χ3n) is 2.97. The van der Waals surface area contributed by atoms with Crippen molar-refractivity contribution in [2.75, 3.05) is 13.6 Å². The SMILES string of the molecule is CN1CCc2[nH]c3ccncc3c2C1. The zero-order valence-corrected chi connectivity index (χ0v) is 8.25. The van der Waals surface area contributed by atoms with E-state index in [1.807, 2.05) is 18.5 Å².